The number of nitrogens with one attached hydrogen (secondary N) is 2. The maximum absolute atomic E-state index is 11.7. The van der Waals surface area contributed by atoms with Crippen LogP contribution in [0.25, 0.3) is 0 Å². The minimum Gasteiger partial charge on any atom is -0.347 e. The second-order valence-corrected chi connectivity index (χ2v) is 3.90. The summed E-state index contributed by atoms with van der Waals surface area (Å²) in [4.78, 5) is 11.7. The number of hydrogen-bond acceptors (Lipinski definition) is 4. The molecule has 0 radical (unpaired) electrons. The third-order valence-corrected chi connectivity index (χ3v) is 2.83. The lowest BCUT2D eigenvalue weighted by Crippen LogP contribution is -2.40. The highest BCUT2D eigenvalue weighted by Crippen LogP contribution is 2.04. The zero-order valence-corrected chi connectivity index (χ0v) is 9.44. The van der Waals surface area contributed by atoms with Gasteiger partial charge in [-0.1, -0.05) is 0 Å². The Balaban J connectivity index is 1.84. The Hall–Kier alpha value is -1.43. The molecule has 1 aliphatic rings. The van der Waals surface area contributed by atoms with Crippen molar-refractivity contribution < 1.29 is 4.79 Å². The van der Waals surface area contributed by atoms with Crippen LogP contribution in [-0.2, 0) is 17.9 Å². The summed E-state index contributed by atoms with van der Waals surface area (Å²) >= 11 is 0. The lowest BCUT2D eigenvalue weighted by molar-refractivity contribution is -0.123. The van der Waals surface area contributed by atoms with Crippen LogP contribution in [0.3, 0.4) is 0 Å². The van der Waals surface area contributed by atoms with Crippen molar-refractivity contribution in [3.05, 3.63) is 12.2 Å². The van der Waals surface area contributed by atoms with Gasteiger partial charge in [-0.3, -0.25) is 4.79 Å². The monoisotopic (exact) mass is 223 g/mol. The first-order valence-electron chi connectivity index (χ1n) is 5.69. The molecule has 1 aromatic heterocycles. The van der Waals surface area contributed by atoms with Crippen LogP contribution < -0.4 is 10.6 Å². The molecule has 0 bridgehead atoms. The van der Waals surface area contributed by atoms with Gasteiger partial charge in [0.1, 0.15) is 6.33 Å². The summed E-state index contributed by atoms with van der Waals surface area (Å²) in [6, 6.07) is -0.0296. The summed E-state index contributed by atoms with van der Waals surface area (Å²) in [5.74, 6) is 0.858. The van der Waals surface area contributed by atoms with Gasteiger partial charge in [-0.25, -0.2) is 0 Å². The SMILES string of the molecule is CCn1cnnc1CNC(=O)[C@H]1CCCN1. The zero-order chi connectivity index (χ0) is 11.4. The topological polar surface area (TPSA) is 71.8 Å². The molecule has 0 spiro atoms. The molecule has 2 rings (SSSR count). The van der Waals surface area contributed by atoms with Gasteiger partial charge in [0, 0.05) is 6.54 Å². The first kappa shape index (κ1) is 11.1. The average Bonchev–Trinajstić information content (AvgIpc) is 2.96. The van der Waals surface area contributed by atoms with Crippen molar-refractivity contribution in [2.45, 2.75) is 38.9 Å². The summed E-state index contributed by atoms with van der Waals surface area (Å²) in [5, 5.41) is 13.8. The van der Waals surface area contributed by atoms with Crippen LogP contribution in [0.15, 0.2) is 6.33 Å². The number of hydrogen-bond donors (Lipinski definition) is 2. The minimum atomic E-state index is -0.0296. The molecule has 1 aliphatic heterocycles. The van der Waals surface area contributed by atoms with Crippen LogP contribution in [-0.4, -0.2) is 33.3 Å². The number of aromatic nitrogens is 3. The van der Waals surface area contributed by atoms with Crippen molar-refractivity contribution in [2.75, 3.05) is 6.54 Å². The lowest BCUT2D eigenvalue weighted by Gasteiger charge is -2.10. The van der Waals surface area contributed by atoms with Gasteiger partial charge < -0.3 is 15.2 Å². The molecule has 0 unspecified atom stereocenters. The van der Waals surface area contributed by atoms with Gasteiger partial charge in [0.05, 0.1) is 12.6 Å². The lowest BCUT2D eigenvalue weighted by atomic mass is 10.2. The van der Waals surface area contributed by atoms with Crippen molar-refractivity contribution in [3.63, 3.8) is 0 Å². The largest absolute Gasteiger partial charge is 0.347 e. The maximum Gasteiger partial charge on any atom is 0.237 e. The van der Waals surface area contributed by atoms with Crippen molar-refractivity contribution in [3.8, 4) is 0 Å². The molecule has 6 heteroatoms. The predicted molar refractivity (Wildman–Crippen MR) is 58.6 cm³/mol. The molecule has 2 N–H and O–H groups in total. The van der Waals surface area contributed by atoms with E-state index in [1.165, 1.54) is 0 Å². The second-order valence-electron chi connectivity index (χ2n) is 3.90. The van der Waals surface area contributed by atoms with E-state index in [-0.39, 0.29) is 11.9 Å². The van der Waals surface area contributed by atoms with Crippen LogP contribution >= 0.6 is 0 Å². The van der Waals surface area contributed by atoms with E-state index in [4.69, 9.17) is 0 Å². The first-order valence-corrected chi connectivity index (χ1v) is 5.69. The highest BCUT2D eigenvalue weighted by molar-refractivity contribution is 5.81. The van der Waals surface area contributed by atoms with E-state index < -0.39 is 0 Å². The molecule has 1 amide bonds. The van der Waals surface area contributed by atoms with Gasteiger partial charge in [0.25, 0.3) is 0 Å². The van der Waals surface area contributed by atoms with Gasteiger partial charge in [-0.05, 0) is 26.3 Å². The van der Waals surface area contributed by atoms with Gasteiger partial charge in [0.15, 0.2) is 5.82 Å². The summed E-state index contributed by atoms with van der Waals surface area (Å²) < 4.78 is 1.92. The van der Waals surface area contributed by atoms with Gasteiger partial charge in [-0.2, -0.15) is 0 Å². The van der Waals surface area contributed by atoms with E-state index in [1.807, 2.05) is 11.5 Å². The fourth-order valence-electron chi connectivity index (χ4n) is 1.88. The highest BCUT2D eigenvalue weighted by Gasteiger charge is 2.21. The Morgan fingerprint density at radius 1 is 1.75 bits per heavy atom. The van der Waals surface area contributed by atoms with Gasteiger partial charge in [-0.15, -0.1) is 10.2 Å². The van der Waals surface area contributed by atoms with Crippen molar-refractivity contribution >= 4 is 5.91 Å². The normalized spacial score (nSPS) is 19.9. The number of rotatable bonds is 4. The minimum absolute atomic E-state index is 0.0296. The van der Waals surface area contributed by atoms with Gasteiger partial charge >= 0.3 is 0 Å². The molecule has 16 heavy (non-hydrogen) atoms. The molecule has 0 saturated carbocycles. The standard InChI is InChI=1S/C10H17N5O/c1-2-15-7-13-14-9(15)6-12-10(16)8-4-3-5-11-8/h7-8,11H,2-6H2,1H3,(H,12,16)/t8-/m1/s1. The summed E-state index contributed by atoms with van der Waals surface area (Å²) in [5.41, 5.74) is 0. The molecule has 1 fully saturated rings. The van der Waals surface area contributed by atoms with Crippen LogP contribution in [0.1, 0.15) is 25.6 Å². The van der Waals surface area contributed by atoms with Crippen molar-refractivity contribution in [1.82, 2.24) is 25.4 Å². The van der Waals surface area contributed by atoms with Crippen LogP contribution in [0.4, 0.5) is 0 Å². The molecule has 1 atom stereocenters. The smallest absolute Gasteiger partial charge is 0.237 e. The van der Waals surface area contributed by atoms with E-state index in [0.717, 1.165) is 31.8 Å². The molecule has 1 aromatic rings. The Morgan fingerprint density at radius 3 is 3.31 bits per heavy atom. The van der Waals surface area contributed by atoms with E-state index in [2.05, 4.69) is 20.8 Å². The molecule has 0 aliphatic carbocycles. The molecule has 0 aromatic carbocycles. The number of nitrogens with zero attached hydrogens (tertiary/aromatic N) is 3. The fourth-order valence-corrected chi connectivity index (χ4v) is 1.88. The quantitative estimate of drug-likeness (QED) is 0.733. The van der Waals surface area contributed by atoms with E-state index in [0.29, 0.717) is 6.54 Å². The Morgan fingerprint density at radius 2 is 2.62 bits per heavy atom. The maximum atomic E-state index is 11.7. The number of amides is 1. The van der Waals surface area contributed by atoms with Crippen molar-refractivity contribution in [1.29, 1.82) is 0 Å². The van der Waals surface area contributed by atoms with E-state index >= 15 is 0 Å². The molecule has 2 heterocycles. The second kappa shape index (κ2) is 5.07. The zero-order valence-electron chi connectivity index (χ0n) is 9.44. The fraction of sp³-hybridized carbons (Fsp3) is 0.700. The third kappa shape index (κ3) is 2.38. The Kier molecular flexibility index (Phi) is 3.51. The summed E-state index contributed by atoms with van der Waals surface area (Å²) in [7, 11) is 0. The predicted octanol–water partition coefficient (Wildman–Crippen LogP) is -0.334. The highest BCUT2D eigenvalue weighted by atomic mass is 16.2. The van der Waals surface area contributed by atoms with E-state index in [1.54, 1.807) is 6.33 Å². The van der Waals surface area contributed by atoms with E-state index in [9.17, 15) is 4.79 Å². The third-order valence-electron chi connectivity index (χ3n) is 2.83. The van der Waals surface area contributed by atoms with Crippen LogP contribution in [0.2, 0.25) is 0 Å². The number of carbonyl (C=O) groups is 1. The average molecular weight is 223 g/mol. The Bertz CT molecular complexity index is 356. The molecule has 6 nitrogen and oxygen atoms in total. The molecule has 1 saturated heterocycles. The number of aryl methyl sites for hydroxylation is 1. The number of carbonyl (C=O) groups excluding carboxylic acids is 1. The Labute approximate surface area is 94.4 Å². The van der Waals surface area contributed by atoms with Crippen LogP contribution in [0, 0.1) is 0 Å². The summed E-state index contributed by atoms with van der Waals surface area (Å²) in [6.45, 7) is 4.22. The summed E-state index contributed by atoms with van der Waals surface area (Å²) in [6.07, 6.45) is 3.67. The molecular weight excluding hydrogens is 206 g/mol. The molecule has 88 valence electrons. The van der Waals surface area contributed by atoms with Crippen LogP contribution in [0.5, 0.6) is 0 Å². The van der Waals surface area contributed by atoms with Gasteiger partial charge in [0.2, 0.25) is 5.91 Å². The van der Waals surface area contributed by atoms with Crippen molar-refractivity contribution in [2.24, 2.45) is 0 Å². The first-order chi connectivity index (χ1) is 7.81. The molecular formula is C10H17N5O.